The average Bonchev–Trinajstić information content (AvgIpc) is 3.25. The Kier molecular flexibility index (Phi) is 6.09. The molecule has 2 aromatic carbocycles. The van der Waals surface area contributed by atoms with Crippen molar-refractivity contribution in [2.75, 3.05) is 32.7 Å². The van der Waals surface area contributed by atoms with E-state index in [-0.39, 0.29) is 29.5 Å². The Labute approximate surface area is 195 Å². The van der Waals surface area contributed by atoms with E-state index in [1.54, 1.807) is 11.0 Å². The fourth-order valence-corrected chi connectivity index (χ4v) is 4.18. The second kappa shape index (κ2) is 9.48. The van der Waals surface area contributed by atoms with Crippen LogP contribution in [0.5, 0.6) is 0 Å². The largest absolute Gasteiger partial charge is 0.448 e. The first kappa shape index (κ1) is 21.8. The van der Waals surface area contributed by atoms with E-state index >= 15 is 0 Å². The summed E-state index contributed by atoms with van der Waals surface area (Å²) in [6.45, 7) is 2.88. The maximum absolute atomic E-state index is 12.9. The first-order chi connectivity index (χ1) is 16.6. The number of rotatable bonds is 6. The molecular formula is C25H25N5O4. The Hall–Kier alpha value is -3.98. The van der Waals surface area contributed by atoms with Gasteiger partial charge in [0.25, 0.3) is 5.56 Å². The summed E-state index contributed by atoms with van der Waals surface area (Å²) in [5.74, 6) is -0.201. The van der Waals surface area contributed by atoms with Crippen molar-refractivity contribution in [3.05, 3.63) is 76.8 Å². The number of amides is 2. The zero-order valence-corrected chi connectivity index (χ0v) is 18.6. The molecule has 1 aliphatic rings. The molecule has 5 rings (SSSR count). The van der Waals surface area contributed by atoms with Crippen LogP contribution in [0.2, 0.25) is 0 Å². The highest BCUT2D eigenvalue weighted by Gasteiger charge is 2.23. The molecule has 0 atom stereocenters. The van der Waals surface area contributed by atoms with Crippen molar-refractivity contribution >= 4 is 33.9 Å². The summed E-state index contributed by atoms with van der Waals surface area (Å²) in [7, 11) is 0. The van der Waals surface area contributed by atoms with Crippen LogP contribution in [0, 0.1) is 0 Å². The van der Waals surface area contributed by atoms with Crippen LogP contribution in [-0.4, -0.2) is 63.9 Å². The van der Waals surface area contributed by atoms with E-state index in [0.29, 0.717) is 50.4 Å². The molecule has 3 heterocycles. The quantitative estimate of drug-likeness (QED) is 0.470. The second-order valence-corrected chi connectivity index (χ2v) is 8.37. The van der Waals surface area contributed by atoms with Gasteiger partial charge in [0, 0.05) is 38.1 Å². The summed E-state index contributed by atoms with van der Waals surface area (Å²) in [6.07, 6.45) is 1.40. The highest BCUT2D eigenvalue weighted by atomic mass is 16.3. The molecule has 9 nitrogen and oxygen atoms in total. The molecule has 2 amide bonds. The molecule has 4 aromatic rings. The molecule has 0 saturated carbocycles. The molecule has 0 bridgehead atoms. The van der Waals surface area contributed by atoms with E-state index in [1.807, 2.05) is 53.4 Å². The zero-order chi connectivity index (χ0) is 23.5. The Morgan fingerprint density at radius 3 is 2.47 bits per heavy atom. The number of aromatic nitrogens is 2. The number of piperazine rings is 1. The predicted molar refractivity (Wildman–Crippen MR) is 127 cm³/mol. The number of para-hydroxylation sites is 1. The van der Waals surface area contributed by atoms with E-state index in [2.05, 4.69) is 10.3 Å². The number of fused-ring (bicyclic) bond motifs is 3. The third-order valence-electron chi connectivity index (χ3n) is 6.08. The summed E-state index contributed by atoms with van der Waals surface area (Å²) in [5.41, 5.74) is 1.93. The smallest absolute Gasteiger partial charge is 0.297 e. The van der Waals surface area contributed by atoms with Gasteiger partial charge in [-0.15, -0.1) is 0 Å². The van der Waals surface area contributed by atoms with Gasteiger partial charge in [-0.2, -0.15) is 0 Å². The molecular weight excluding hydrogens is 434 g/mol. The second-order valence-electron chi connectivity index (χ2n) is 8.37. The lowest BCUT2D eigenvalue weighted by molar-refractivity contribution is -0.134. The SMILES string of the molecule is O=C(CN1CCN(C(=O)Cn2cnc3c(oc4ccccc43)c2=O)CC1)NCc1ccccc1. The topological polar surface area (TPSA) is 101 Å². The molecule has 0 aliphatic carbocycles. The molecule has 1 N–H and O–H groups in total. The third-order valence-corrected chi connectivity index (χ3v) is 6.08. The van der Waals surface area contributed by atoms with Crippen molar-refractivity contribution in [1.82, 2.24) is 24.7 Å². The van der Waals surface area contributed by atoms with Crippen LogP contribution < -0.4 is 10.9 Å². The predicted octanol–water partition coefficient (Wildman–Crippen LogP) is 1.60. The molecule has 0 unspecified atom stereocenters. The van der Waals surface area contributed by atoms with Crippen LogP contribution in [-0.2, 0) is 22.7 Å². The first-order valence-electron chi connectivity index (χ1n) is 11.3. The van der Waals surface area contributed by atoms with E-state index in [1.165, 1.54) is 10.9 Å². The number of nitrogens with one attached hydrogen (secondary N) is 1. The number of hydrogen-bond acceptors (Lipinski definition) is 6. The number of furan rings is 1. The monoisotopic (exact) mass is 459 g/mol. The molecule has 1 aliphatic heterocycles. The van der Waals surface area contributed by atoms with Gasteiger partial charge in [-0.3, -0.25) is 23.9 Å². The Morgan fingerprint density at radius 2 is 1.68 bits per heavy atom. The van der Waals surface area contributed by atoms with Crippen LogP contribution in [0.3, 0.4) is 0 Å². The highest BCUT2D eigenvalue weighted by Crippen LogP contribution is 2.24. The molecule has 9 heteroatoms. The van der Waals surface area contributed by atoms with Crippen LogP contribution in [0.25, 0.3) is 22.1 Å². The number of hydrogen-bond donors (Lipinski definition) is 1. The highest BCUT2D eigenvalue weighted by molar-refractivity contribution is 6.01. The minimum absolute atomic E-state index is 0.0413. The van der Waals surface area contributed by atoms with Crippen molar-refractivity contribution in [3.8, 4) is 0 Å². The summed E-state index contributed by atoms with van der Waals surface area (Å²) in [5, 5.41) is 3.70. The van der Waals surface area contributed by atoms with Gasteiger partial charge in [-0.25, -0.2) is 4.98 Å². The normalized spacial score (nSPS) is 14.5. The van der Waals surface area contributed by atoms with E-state index in [9.17, 15) is 14.4 Å². The Bertz CT molecular complexity index is 1390. The van der Waals surface area contributed by atoms with Crippen molar-refractivity contribution < 1.29 is 14.0 Å². The fraction of sp³-hybridized carbons (Fsp3) is 0.280. The molecule has 1 fully saturated rings. The first-order valence-corrected chi connectivity index (χ1v) is 11.3. The lowest BCUT2D eigenvalue weighted by Crippen LogP contribution is -2.52. The van der Waals surface area contributed by atoms with Gasteiger partial charge in [0.1, 0.15) is 17.6 Å². The minimum Gasteiger partial charge on any atom is -0.448 e. The number of benzene rings is 2. The standard InChI is InChI=1S/C25H25N5O4/c31-21(26-14-18-6-2-1-3-7-18)15-28-10-12-29(13-11-28)22(32)16-30-17-27-23-19-8-4-5-9-20(19)34-24(23)25(30)33/h1-9,17H,10-16H2,(H,26,31). The third kappa shape index (κ3) is 4.55. The van der Waals surface area contributed by atoms with Crippen molar-refractivity contribution in [2.45, 2.75) is 13.1 Å². The molecule has 0 radical (unpaired) electrons. The van der Waals surface area contributed by atoms with Crippen molar-refractivity contribution in [3.63, 3.8) is 0 Å². The molecule has 34 heavy (non-hydrogen) atoms. The Balaban J connectivity index is 1.15. The molecule has 174 valence electrons. The number of nitrogens with zero attached hydrogens (tertiary/aromatic N) is 4. The summed E-state index contributed by atoms with van der Waals surface area (Å²) < 4.78 is 6.97. The van der Waals surface area contributed by atoms with Gasteiger partial charge < -0.3 is 14.6 Å². The van der Waals surface area contributed by atoms with E-state index < -0.39 is 0 Å². The van der Waals surface area contributed by atoms with Crippen molar-refractivity contribution in [1.29, 1.82) is 0 Å². The van der Waals surface area contributed by atoms with Crippen LogP contribution >= 0.6 is 0 Å². The minimum atomic E-state index is -0.372. The number of carbonyl (C=O) groups is 2. The van der Waals surface area contributed by atoms with Gasteiger partial charge in [0.05, 0.1) is 12.9 Å². The average molecular weight is 460 g/mol. The van der Waals surface area contributed by atoms with E-state index in [4.69, 9.17) is 4.42 Å². The fourth-order valence-electron chi connectivity index (χ4n) is 4.18. The molecule has 2 aromatic heterocycles. The van der Waals surface area contributed by atoms with Gasteiger partial charge in [0.15, 0.2) is 0 Å². The van der Waals surface area contributed by atoms with Crippen molar-refractivity contribution in [2.24, 2.45) is 0 Å². The van der Waals surface area contributed by atoms with Gasteiger partial charge in [0.2, 0.25) is 17.4 Å². The van der Waals surface area contributed by atoms with Gasteiger partial charge in [-0.1, -0.05) is 42.5 Å². The van der Waals surface area contributed by atoms with Crippen LogP contribution in [0.4, 0.5) is 0 Å². The van der Waals surface area contributed by atoms with Crippen LogP contribution in [0.1, 0.15) is 5.56 Å². The Morgan fingerprint density at radius 1 is 0.941 bits per heavy atom. The van der Waals surface area contributed by atoms with Gasteiger partial charge in [-0.05, 0) is 17.7 Å². The maximum Gasteiger partial charge on any atom is 0.297 e. The summed E-state index contributed by atoms with van der Waals surface area (Å²) in [6, 6.07) is 17.1. The lowest BCUT2D eigenvalue weighted by Gasteiger charge is -2.34. The lowest BCUT2D eigenvalue weighted by atomic mass is 10.2. The number of carbonyl (C=O) groups excluding carboxylic acids is 2. The van der Waals surface area contributed by atoms with Crippen LogP contribution in [0.15, 0.2) is 70.1 Å². The van der Waals surface area contributed by atoms with E-state index in [0.717, 1.165) is 10.9 Å². The molecule has 1 saturated heterocycles. The summed E-state index contributed by atoms with van der Waals surface area (Å²) in [4.78, 5) is 46.0. The summed E-state index contributed by atoms with van der Waals surface area (Å²) >= 11 is 0. The zero-order valence-electron chi connectivity index (χ0n) is 18.6. The maximum atomic E-state index is 12.9. The van der Waals surface area contributed by atoms with Gasteiger partial charge >= 0.3 is 0 Å². The molecule has 0 spiro atoms.